The molecule has 0 aromatic heterocycles. The Hall–Kier alpha value is -1.34. The van der Waals surface area contributed by atoms with Gasteiger partial charge in [-0.3, -0.25) is 0 Å². The van der Waals surface area contributed by atoms with Crippen LogP contribution in [0.1, 0.15) is 25.5 Å². The summed E-state index contributed by atoms with van der Waals surface area (Å²) in [4.78, 5) is 0. The molecule has 3 N–H and O–H groups in total. The van der Waals surface area contributed by atoms with Crippen LogP contribution >= 0.6 is 0 Å². The van der Waals surface area contributed by atoms with E-state index in [4.69, 9.17) is 5.73 Å². The average Bonchev–Trinajstić information content (AvgIpc) is 2.38. The molecule has 0 radical (unpaired) electrons. The number of benzene rings is 1. The van der Waals surface area contributed by atoms with Gasteiger partial charge in [-0.25, -0.2) is 0 Å². The first-order chi connectivity index (χ1) is 9.10. The highest BCUT2D eigenvalue weighted by molar-refractivity contribution is 5.30. The van der Waals surface area contributed by atoms with Crippen molar-refractivity contribution in [2.45, 2.75) is 32.4 Å². The molecule has 0 aliphatic carbocycles. The maximum Gasteiger partial charge on any atom is 0.461 e. The molecule has 1 aromatic rings. The van der Waals surface area contributed by atoms with Gasteiger partial charge >= 0.3 is 12.5 Å². The summed E-state index contributed by atoms with van der Waals surface area (Å²) in [5, 5.41) is 9.21. The molecule has 0 heterocycles. The van der Waals surface area contributed by atoms with Crippen molar-refractivity contribution in [3.8, 4) is 5.75 Å². The van der Waals surface area contributed by atoms with Gasteiger partial charge in [-0.15, -0.1) is 0 Å². The third-order valence-corrected chi connectivity index (χ3v) is 3.00. The molecule has 0 spiro atoms. The highest BCUT2D eigenvalue weighted by atomic mass is 19.3. The van der Waals surface area contributed by atoms with Crippen molar-refractivity contribution in [1.29, 1.82) is 0 Å². The fraction of sp³-hybridized carbons (Fsp3) is 0.538. The molecule has 3 nitrogen and oxygen atoms in total. The normalized spacial score (nSPS) is 14.4. The highest BCUT2D eigenvalue weighted by Gasteiger charge is 2.44. The van der Waals surface area contributed by atoms with Gasteiger partial charge in [0.2, 0.25) is 0 Å². The Morgan fingerprint density at radius 3 is 2.10 bits per heavy atom. The molecule has 0 amide bonds. The van der Waals surface area contributed by atoms with Crippen LogP contribution in [-0.4, -0.2) is 24.2 Å². The molecule has 1 aromatic carbocycles. The summed E-state index contributed by atoms with van der Waals surface area (Å²) >= 11 is 0. The second-order valence-corrected chi connectivity index (χ2v) is 5.16. The predicted octanol–water partition coefficient (Wildman–Crippen LogP) is 2.94. The van der Waals surface area contributed by atoms with Crippen molar-refractivity contribution in [3.05, 3.63) is 29.8 Å². The minimum Gasteiger partial charge on any atom is -0.428 e. The Morgan fingerprint density at radius 2 is 1.70 bits per heavy atom. The molecule has 20 heavy (non-hydrogen) atoms. The molecule has 1 atom stereocenters. The van der Waals surface area contributed by atoms with Crippen LogP contribution < -0.4 is 10.5 Å². The second kappa shape index (κ2) is 5.97. The molecule has 0 aliphatic heterocycles. The predicted molar refractivity (Wildman–Crippen MR) is 65.8 cm³/mol. The van der Waals surface area contributed by atoms with Crippen molar-refractivity contribution >= 4 is 0 Å². The molecular formula is C13H17F4NO2. The highest BCUT2D eigenvalue weighted by Crippen LogP contribution is 2.33. The van der Waals surface area contributed by atoms with Crippen LogP contribution in [0, 0.1) is 5.41 Å². The van der Waals surface area contributed by atoms with Crippen molar-refractivity contribution in [1.82, 2.24) is 0 Å². The lowest BCUT2D eigenvalue weighted by molar-refractivity contribution is -0.253. The quantitative estimate of drug-likeness (QED) is 0.793. The summed E-state index contributed by atoms with van der Waals surface area (Å²) < 4.78 is 53.3. The Labute approximate surface area is 114 Å². The molecule has 0 unspecified atom stereocenters. The van der Waals surface area contributed by atoms with E-state index in [-0.39, 0.29) is 12.4 Å². The molecule has 0 fully saturated rings. The molecule has 1 rings (SSSR count). The molecule has 0 saturated carbocycles. The lowest BCUT2D eigenvalue weighted by Gasteiger charge is -2.29. The Kier molecular flexibility index (Phi) is 4.99. The number of halogens is 4. The fourth-order valence-corrected chi connectivity index (χ4v) is 1.49. The Morgan fingerprint density at radius 1 is 1.20 bits per heavy atom. The summed E-state index contributed by atoms with van der Waals surface area (Å²) in [5.74, 6) is -0.381. The van der Waals surface area contributed by atoms with Gasteiger partial charge in [0, 0.05) is 18.1 Å². The first kappa shape index (κ1) is 16.7. The fourth-order valence-electron chi connectivity index (χ4n) is 1.49. The Balaban J connectivity index is 2.85. The third kappa shape index (κ3) is 3.83. The van der Waals surface area contributed by atoms with Crippen LogP contribution in [0.4, 0.5) is 17.6 Å². The van der Waals surface area contributed by atoms with Crippen LogP contribution in [0.3, 0.4) is 0 Å². The van der Waals surface area contributed by atoms with E-state index >= 15 is 0 Å². The van der Waals surface area contributed by atoms with Gasteiger partial charge in [0.1, 0.15) is 5.75 Å². The minimum absolute atomic E-state index is 0.157. The number of rotatable bonds is 6. The molecule has 0 aliphatic rings. The zero-order chi connectivity index (χ0) is 15.6. The SMILES string of the molecule is CC(C)(CO)[C@H](N)c1ccc(OC(F)(F)C(F)F)cc1. The van der Waals surface area contributed by atoms with Crippen LogP contribution in [-0.2, 0) is 0 Å². The zero-order valence-electron chi connectivity index (χ0n) is 11.1. The van der Waals surface area contributed by atoms with E-state index in [9.17, 15) is 22.7 Å². The van der Waals surface area contributed by atoms with Gasteiger partial charge in [0.25, 0.3) is 0 Å². The van der Waals surface area contributed by atoms with Crippen LogP contribution in [0.5, 0.6) is 5.75 Å². The topological polar surface area (TPSA) is 55.5 Å². The molecule has 114 valence electrons. The number of nitrogens with two attached hydrogens (primary N) is 1. The third-order valence-electron chi connectivity index (χ3n) is 3.00. The number of ether oxygens (including phenoxy) is 1. The Bertz CT molecular complexity index is 435. The minimum atomic E-state index is -4.53. The molecule has 0 saturated heterocycles. The number of alkyl halides is 4. The first-order valence-corrected chi connectivity index (χ1v) is 5.91. The zero-order valence-corrected chi connectivity index (χ0v) is 11.1. The van der Waals surface area contributed by atoms with E-state index in [2.05, 4.69) is 4.74 Å². The van der Waals surface area contributed by atoms with Crippen molar-refractivity contribution in [2.75, 3.05) is 6.61 Å². The number of hydrogen-bond acceptors (Lipinski definition) is 3. The van der Waals surface area contributed by atoms with Crippen molar-refractivity contribution in [3.63, 3.8) is 0 Å². The van der Waals surface area contributed by atoms with Gasteiger partial charge in [-0.05, 0) is 17.7 Å². The van der Waals surface area contributed by atoms with Gasteiger partial charge in [-0.2, -0.15) is 17.6 Å². The lowest BCUT2D eigenvalue weighted by atomic mass is 9.82. The van der Waals surface area contributed by atoms with Gasteiger partial charge in [-0.1, -0.05) is 26.0 Å². The average molecular weight is 295 g/mol. The van der Waals surface area contributed by atoms with Gasteiger partial charge in [0.05, 0.1) is 0 Å². The van der Waals surface area contributed by atoms with E-state index in [0.717, 1.165) is 12.1 Å². The smallest absolute Gasteiger partial charge is 0.428 e. The van der Waals surface area contributed by atoms with Crippen LogP contribution in [0.2, 0.25) is 0 Å². The standard InChI is InChI=1S/C13H17F4NO2/c1-12(2,7-19)10(18)8-3-5-9(6-4-8)20-13(16,17)11(14)15/h3-6,10-11,19H,7,18H2,1-2H3/t10-/m1/s1. The molecule has 7 heteroatoms. The summed E-state index contributed by atoms with van der Waals surface area (Å²) in [7, 11) is 0. The van der Waals surface area contributed by atoms with Crippen molar-refractivity contribution < 1.29 is 27.4 Å². The summed E-state index contributed by atoms with van der Waals surface area (Å²) in [5.41, 5.74) is 5.92. The molecular weight excluding hydrogens is 278 g/mol. The van der Waals surface area contributed by atoms with E-state index < -0.39 is 24.0 Å². The van der Waals surface area contributed by atoms with E-state index in [0.29, 0.717) is 5.56 Å². The van der Waals surface area contributed by atoms with E-state index in [1.165, 1.54) is 12.1 Å². The molecule has 0 bridgehead atoms. The van der Waals surface area contributed by atoms with Gasteiger partial charge in [0.15, 0.2) is 0 Å². The second-order valence-electron chi connectivity index (χ2n) is 5.16. The first-order valence-electron chi connectivity index (χ1n) is 5.91. The summed E-state index contributed by atoms with van der Waals surface area (Å²) in [6.45, 7) is 3.33. The largest absolute Gasteiger partial charge is 0.461 e. The maximum absolute atomic E-state index is 12.7. The monoisotopic (exact) mass is 295 g/mol. The van der Waals surface area contributed by atoms with Gasteiger partial charge < -0.3 is 15.6 Å². The number of aliphatic hydroxyl groups is 1. The summed E-state index contributed by atoms with van der Waals surface area (Å²) in [6, 6.07) is 4.55. The van der Waals surface area contributed by atoms with E-state index in [1.807, 2.05) is 0 Å². The maximum atomic E-state index is 12.7. The summed E-state index contributed by atoms with van der Waals surface area (Å²) in [6.07, 6.45) is -8.44. The number of aliphatic hydroxyl groups excluding tert-OH is 1. The van der Waals surface area contributed by atoms with Crippen LogP contribution in [0.15, 0.2) is 24.3 Å². The van der Waals surface area contributed by atoms with E-state index in [1.54, 1.807) is 13.8 Å². The lowest BCUT2D eigenvalue weighted by Crippen LogP contribution is -2.33. The van der Waals surface area contributed by atoms with Crippen molar-refractivity contribution in [2.24, 2.45) is 11.1 Å². The van der Waals surface area contributed by atoms with Crippen LogP contribution in [0.25, 0.3) is 0 Å². The number of hydrogen-bond donors (Lipinski definition) is 2.